The SMILES string of the molecule is C.CC(C)(C)OC(=O)NCCCC(=O)OCOC(=O)C(C)(C)Oc1ccc(CCNC(=O)c2ccc(Cl)cc2)cc1.CC(C)(Oc1ccc(CCNC(=O)c2ccc(Cl)cc2)cc1)C(=O)OCOC(=O)CCCN.Cl. The van der Waals surface area contributed by atoms with Crippen molar-refractivity contribution in [2.24, 2.45) is 5.73 Å². The highest BCUT2D eigenvalue weighted by atomic mass is 35.5. The second kappa shape index (κ2) is 33.3. The number of hydrogen-bond donors (Lipinski definition) is 4. The van der Waals surface area contributed by atoms with Crippen LogP contribution in [0.5, 0.6) is 11.5 Å². The molecule has 5 N–H and O–H groups in total. The van der Waals surface area contributed by atoms with Crippen molar-refractivity contribution in [1.82, 2.24) is 16.0 Å². The highest BCUT2D eigenvalue weighted by Gasteiger charge is 2.33. The molecule has 0 saturated carbocycles. The molecule has 412 valence electrons. The van der Waals surface area contributed by atoms with Gasteiger partial charge in [-0.05, 0) is 165 Å². The number of benzene rings is 4. The quantitative estimate of drug-likeness (QED) is 0.0209. The maximum atomic E-state index is 12.5. The van der Waals surface area contributed by atoms with Gasteiger partial charge in [-0.1, -0.05) is 54.9 Å². The summed E-state index contributed by atoms with van der Waals surface area (Å²) in [7, 11) is 0. The van der Waals surface area contributed by atoms with E-state index in [2.05, 4.69) is 16.0 Å². The number of carbonyl (C=O) groups excluding carboxylic acids is 7. The number of nitrogens with one attached hydrogen (secondary N) is 3. The summed E-state index contributed by atoms with van der Waals surface area (Å²) in [5, 5.41) is 9.40. The van der Waals surface area contributed by atoms with E-state index in [-0.39, 0.29) is 51.0 Å². The van der Waals surface area contributed by atoms with Gasteiger partial charge >= 0.3 is 30.0 Å². The zero-order valence-corrected chi connectivity index (χ0v) is 45.0. The van der Waals surface area contributed by atoms with Crippen LogP contribution in [0, 0.1) is 0 Å². The minimum atomic E-state index is -1.34. The Balaban J connectivity index is 0.000000743. The van der Waals surface area contributed by atoms with E-state index in [1.54, 1.807) is 121 Å². The number of nitrogens with two attached hydrogens (primary N) is 1. The molecule has 21 heteroatoms. The number of rotatable bonds is 25. The summed E-state index contributed by atoms with van der Waals surface area (Å²) >= 11 is 11.7. The molecule has 0 fully saturated rings. The highest BCUT2D eigenvalue weighted by Crippen LogP contribution is 2.22. The van der Waals surface area contributed by atoms with E-state index in [0.717, 1.165) is 11.1 Å². The Kier molecular flexibility index (Phi) is 29.5. The summed E-state index contributed by atoms with van der Waals surface area (Å²) in [6.07, 6.45) is 1.71. The smallest absolute Gasteiger partial charge is 0.407 e. The number of esters is 4. The summed E-state index contributed by atoms with van der Waals surface area (Å²) in [5.74, 6) is -1.85. The van der Waals surface area contributed by atoms with Gasteiger partial charge in [0.25, 0.3) is 11.8 Å². The summed E-state index contributed by atoms with van der Waals surface area (Å²) < 4.78 is 36.4. The van der Waals surface area contributed by atoms with Crippen LogP contribution in [0.15, 0.2) is 97.1 Å². The highest BCUT2D eigenvalue weighted by molar-refractivity contribution is 6.31. The molecule has 4 rings (SSSR count). The second-order valence-corrected chi connectivity index (χ2v) is 19.0. The largest absolute Gasteiger partial charge is 0.476 e. The topological polar surface area (TPSA) is 246 Å². The van der Waals surface area contributed by atoms with E-state index >= 15 is 0 Å². The van der Waals surface area contributed by atoms with E-state index in [1.165, 1.54) is 0 Å². The number of halogens is 3. The molecule has 0 aromatic heterocycles. The summed E-state index contributed by atoms with van der Waals surface area (Å²) in [6, 6.07) is 27.6. The Morgan fingerprint density at radius 2 is 0.880 bits per heavy atom. The molecule has 4 aromatic rings. The Hall–Kier alpha value is -6.60. The number of hydrogen-bond acceptors (Lipinski definition) is 15. The lowest BCUT2D eigenvalue weighted by molar-refractivity contribution is -0.178. The van der Waals surface area contributed by atoms with Crippen molar-refractivity contribution < 1.29 is 66.7 Å². The van der Waals surface area contributed by atoms with Gasteiger partial charge in [-0.25, -0.2) is 14.4 Å². The zero-order chi connectivity index (χ0) is 54.0. The number of amides is 3. The maximum Gasteiger partial charge on any atom is 0.407 e. The third-order valence-corrected chi connectivity index (χ3v) is 10.3. The van der Waals surface area contributed by atoms with Gasteiger partial charge in [0.15, 0.2) is 11.2 Å². The van der Waals surface area contributed by atoms with Crippen LogP contribution < -0.4 is 31.2 Å². The number of carbonyl (C=O) groups is 7. The van der Waals surface area contributed by atoms with Gasteiger partial charge in [0, 0.05) is 53.6 Å². The maximum absolute atomic E-state index is 12.5. The Labute approximate surface area is 455 Å². The fourth-order valence-electron chi connectivity index (χ4n) is 5.94. The molecular weight excluding hydrogens is 1030 g/mol. The van der Waals surface area contributed by atoms with E-state index in [4.69, 9.17) is 62.1 Å². The van der Waals surface area contributed by atoms with Crippen molar-refractivity contribution in [3.05, 3.63) is 129 Å². The standard InChI is InChI=1S/C29H37ClN2O8.C24H29ClN2O6.CH4.ClH/c1-28(2,3)40-27(36)32-17-6-7-24(33)37-19-38-26(35)29(4,5)39-23-14-8-20(9-15-23)16-18-31-25(34)21-10-12-22(30)13-11-21;1-24(2,23(30)32-16-31-21(28)4-3-14-26)33-20-11-5-17(6-12-20)13-15-27-22(29)18-7-9-19(25)10-8-18;;/h8-15H,6-7,16-19H2,1-5H3,(H,31,34)(H,32,36);5-12H,3-4,13-16,26H2,1-2H3,(H,27,29);1H4;1H. The fourth-order valence-corrected chi connectivity index (χ4v) is 6.19. The zero-order valence-electron chi connectivity index (χ0n) is 42.7. The summed E-state index contributed by atoms with van der Waals surface area (Å²) in [5.41, 5.74) is 5.14. The molecule has 0 aliphatic carbocycles. The Bertz CT molecular complexity index is 2410. The minimum absolute atomic E-state index is 0. The molecule has 0 heterocycles. The molecule has 3 amide bonds. The van der Waals surface area contributed by atoms with Crippen molar-refractivity contribution >= 4 is 77.4 Å². The molecule has 18 nitrogen and oxygen atoms in total. The third-order valence-electron chi connectivity index (χ3n) is 9.82. The first-order valence-corrected chi connectivity index (χ1v) is 24.2. The average molecular weight is 1110 g/mol. The van der Waals surface area contributed by atoms with E-state index < -0.39 is 60.4 Å². The van der Waals surface area contributed by atoms with E-state index in [0.29, 0.717) is 78.0 Å². The van der Waals surface area contributed by atoms with Crippen molar-refractivity contribution in [2.45, 2.75) is 111 Å². The van der Waals surface area contributed by atoms with Gasteiger partial charge in [-0.2, -0.15) is 0 Å². The molecule has 0 radical (unpaired) electrons. The van der Waals surface area contributed by atoms with Gasteiger partial charge in [-0.3, -0.25) is 19.2 Å². The van der Waals surface area contributed by atoms with Crippen molar-refractivity contribution in [3.8, 4) is 11.5 Å². The normalized spacial score (nSPS) is 10.8. The lowest BCUT2D eigenvalue weighted by Crippen LogP contribution is -2.40. The van der Waals surface area contributed by atoms with Crippen molar-refractivity contribution in [3.63, 3.8) is 0 Å². The van der Waals surface area contributed by atoms with Gasteiger partial charge in [0.2, 0.25) is 13.6 Å². The van der Waals surface area contributed by atoms with Gasteiger partial charge in [0.1, 0.15) is 17.1 Å². The van der Waals surface area contributed by atoms with Crippen LogP contribution in [0.4, 0.5) is 4.79 Å². The molecule has 0 unspecified atom stereocenters. The number of alkyl carbamates (subject to hydrolysis) is 1. The molecule has 0 bridgehead atoms. The molecule has 75 heavy (non-hydrogen) atoms. The molecule has 0 atom stereocenters. The van der Waals surface area contributed by atoms with Crippen LogP contribution in [0.25, 0.3) is 0 Å². The third kappa shape index (κ3) is 27.0. The van der Waals surface area contributed by atoms with Crippen molar-refractivity contribution in [1.29, 1.82) is 0 Å². The number of ether oxygens (including phenoxy) is 7. The van der Waals surface area contributed by atoms with Gasteiger partial charge in [0.05, 0.1) is 0 Å². The summed E-state index contributed by atoms with van der Waals surface area (Å²) in [6.45, 7) is 12.0. The lowest BCUT2D eigenvalue weighted by atomic mass is 10.1. The molecule has 0 aliphatic rings. The first kappa shape index (κ1) is 66.4. The fraction of sp³-hybridized carbons (Fsp3) is 0.426. The predicted octanol–water partition coefficient (Wildman–Crippen LogP) is 9.13. The lowest BCUT2D eigenvalue weighted by Gasteiger charge is -2.24. The van der Waals surface area contributed by atoms with Crippen LogP contribution in [-0.2, 0) is 55.7 Å². The Morgan fingerprint density at radius 3 is 1.24 bits per heavy atom. The van der Waals surface area contributed by atoms with E-state index in [9.17, 15) is 33.6 Å². The average Bonchev–Trinajstić information content (AvgIpc) is 3.33. The van der Waals surface area contributed by atoms with Crippen molar-refractivity contribution in [2.75, 3.05) is 39.8 Å². The molecular formula is C54H71Cl3N4O14. The predicted molar refractivity (Wildman–Crippen MR) is 287 cm³/mol. The van der Waals surface area contributed by atoms with Gasteiger partial charge in [-0.15, -0.1) is 12.4 Å². The second-order valence-electron chi connectivity index (χ2n) is 18.1. The van der Waals surface area contributed by atoms with Crippen LogP contribution in [0.1, 0.15) is 113 Å². The molecule has 0 saturated heterocycles. The van der Waals surface area contributed by atoms with Gasteiger partial charge < -0.3 is 54.8 Å². The Morgan fingerprint density at radius 1 is 0.507 bits per heavy atom. The van der Waals surface area contributed by atoms with Crippen LogP contribution in [-0.4, -0.2) is 98.4 Å². The molecule has 0 spiro atoms. The molecule has 0 aliphatic heterocycles. The van der Waals surface area contributed by atoms with E-state index in [1.807, 2.05) is 24.3 Å². The summed E-state index contributed by atoms with van der Waals surface area (Å²) in [4.78, 5) is 83.9. The van der Waals surface area contributed by atoms with Crippen LogP contribution >= 0.6 is 35.6 Å². The monoisotopic (exact) mass is 1100 g/mol. The molecule has 4 aromatic carbocycles. The minimum Gasteiger partial charge on any atom is -0.476 e. The first-order chi connectivity index (χ1) is 34.5. The van der Waals surface area contributed by atoms with Crippen LogP contribution in [0.3, 0.4) is 0 Å². The first-order valence-electron chi connectivity index (χ1n) is 23.4. The van der Waals surface area contributed by atoms with Crippen LogP contribution in [0.2, 0.25) is 10.0 Å².